The van der Waals surface area contributed by atoms with Crippen molar-refractivity contribution in [2.75, 3.05) is 38.3 Å². The molecule has 2 N–H and O–H groups in total. The van der Waals surface area contributed by atoms with Gasteiger partial charge >= 0.3 is 0 Å². The Labute approximate surface area is 210 Å². The molecule has 0 spiro atoms. The van der Waals surface area contributed by atoms with E-state index in [-0.39, 0.29) is 11.4 Å². The quantitative estimate of drug-likeness (QED) is 0.471. The topological polar surface area (TPSA) is 113 Å². The number of nitrogens with one attached hydrogen (secondary N) is 1. The SMILES string of the molecule is CS(=O)(=O)CC(Cc1ccc(C#Cc2ccc(CN3CCOCC3)cc2)cc1)c1nc[nH]c(=O)c1O. The molecule has 3 aromatic rings. The number of aromatic nitrogens is 2. The molecule has 1 unspecified atom stereocenters. The summed E-state index contributed by atoms with van der Waals surface area (Å²) in [5.74, 6) is 4.89. The highest BCUT2D eigenvalue weighted by Gasteiger charge is 2.24. The van der Waals surface area contributed by atoms with Crippen LogP contribution >= 0.6 is 0 Å². The highest BCUT2D eigenvalue weighted by atomic mass is 32.2. The Kier molecular flexibility index (Phi) is 8.21. The zero-order valence-electron chi connectivity index (χ0n) is 20.1. The van der Waals surface area contributed by atoms with Crippen LogP contribution < -0.4 is 5.56 Å². The van der Waals surface area contributed by atoms with Crippen molar-refractivity contribution in [2.24, 2.45) is 0 Å². The van der Waals surface area contributed by atoms with Gasteiger partial charge in [-0.1, -0.05) is 36.1 Å². The van der Waals surface area contributed by atoms with Crippen molar-refractivity contribution in [3.63, 3.8) is 0 Å². The summed E-state index contributed by atoms with van der Waals surface area (Å²) >= 11 is 0. The number of benzene rings is 2. The highest BCUT2D eigenvalue weighted by Crippen LogP contribution is 2.25. The van der Waals surface area contributed by atoms with E-state index in [1.807, 2.05) is 36.4 Å². The molecule has 1 aliphatic heterocycles. The Morgan fingerprint density at radius 3 is 2.19 bits per heavy atom. The first-order chi connectivity index (χ1) is 17.3. The number of hydrogen-bond acceptors (Lipinski definition) is 7. The molecule has 0 saturated carbocycles. The lowest BCUT2D eigenvalue weighted by atomic mass is 9.96. The van der Waals surface area contributed by atoms with Crippen LogP contribution in [0.5, 0.6) is 5.75 Å². The molecule has 36 heavy (non-hydrogen) atoms. The van der Waals surface area contributed by atoms with E-state index >= 15 is 0 Å². The molecule has 0 bridgehead atoms. The minimum atomic E-state index is -3.37. The molecule has 0 radical (unpaired) electrons. The van der Waals surface area contributed by atoms with Gasteiger partial charge in [-0.15, -0.1) is 0 Å². The van der Waals surface area contributed by atoms with E-state index in [9.17, 15) is 18.3 Å². The summed E-state index contributed by atoms with van der Waals surface area (Å²) in [4.78, 5) is 20.5. The summed E-state index contributed by atoms with van der Waals surface area (Å²) in [5, 5.41) is 10.1. The van der Waals surface area contributed by atoms with Crippen molar-refractivity contribution >= 4 is 9.84 Å². The second kappa shape index (κ2) is 11.5. The number of aromatic hydroxyl groups is 1. The summed E-state index contributed by atoms with van der Waals surface area (Å²) in [6, 6.07) is 15.7. The number of hydrogen-bond donors (Lipinski definition) is 2. The third-order valence-corrected chi connectivity index (χ3v) is 7.01. The molecule has 1 atom stereocenters. The average Bonchev–Trinajstić information content (AvgIpc) is 2.86. The van der Waals surface area contributed by atoms with Crippen LogP contribution in [0.2, 0.25) is 0 Å². The lowest BCUT2D eigenvalue weighted by Gasteiger charge is -2.26. The molecule has 9 heteroatoms. The molecule has 1 fully saturated rings. The maximum Gasteiger partial charge on any atom is 0.293 e. The second-order valence-electron chi connectivity index (χ2n) is 8.99. The molecule has 4 rings (SSSR count). The van der Waals surface area contributed by atoms with Crippen molar-refractivity contribution in [3.8, 4) is 17.6 Å². The number of ether oxygens (including phenoxy) is 1. The number of rotatable bonds is 7. The maximum absolute atomic E-state index is 12.0. The summed E-state index contributed by atoms with van der Waals surface area (Å²) in [7, 11) is -3.37. The minimum absolute atomic E-state index is 0.0742. The standard InChI is InChI=1S/C27H29N3O5S/c1-36(33,34)18-24(25-26(31)27(32)29-19-28-25)16-22-8-4-20(5-9-22)2-3-21-6-10-23(11-7-21)17-30-12-14-35-15-13-30/h4-11,19,24,31H,12-18H2,1H3,(H,28,29,32). The van der Waals surface area contributed by atoms with E-state index in [2.05, 4.69) is 38.8 Å². The van der Waals surface area contributed by atoms with Crippen LogP contribution in [0.4, 0.5) is 0 Å². The molecule has 1 aromatic heterocycles. The summed E-state index contributed by atoms with van der Waals surface area (Å²) in [5.41, 5.74) is 3.23. The molecule has 8 nitrogen and oxygen atoms in total. The van der Waals surface area contributed by atoms with Gasteiger partial charge in [-0.25, -0.2) is 13.4 Å². The smallest absolute Gasteiger partial charge is 0.293 e. The zero-order valence-corrected chi connectivity index (χ0v) is 20.9. The number of nitrogens with zero attached hydrogens (tertiary/aromatic N) is 2. The first-order valence-electron chi connectivity index (χ1n) is 11.7. The lowest BCUT2D eigenvalue weighted by molar-refractivity contribution is 0.0342. The lowest BCUT2D eigenvalue weighted by Crippen LogP contribution is -2.35. The molecule has 1 saturated heterocycles. The van der Waals surface area contributed by atoms with E-state index in [0.717, 1.165) is 55.8 Å². The van der Waals surface area contributed by atoms with Crippen molar-refractivity contribution in [1.29, 1.82) is 0 Å². The Morgan fingerprint density at radius 1 is 1.03 bits per heavy atom. The van der Waals surface area contributed by atoms with Crippen molar-refractivity contribution in [3.05, 3.63) is 93.2 Å². The van der Waals surface area contributed by atoms with Gasteiger partial charge in [-0.05, 0) is 41.8 Å². The Bertz CT molecular complexity index is 1400. The normalized spacial score (nSPS) is 15.1. The van der Waals surface area contributed by atoms with Gasteiger partial charge in [0.2, 0.25) is 5.75 Å². The van der Waals surface area contributed by atoms with Crippen molar-refractivity contribution in [2.45, 2.75) is 18.9 Å². The number of H-pyrrole nitrogens is 1. The molecular weight excluding hydrogens is 478 g/mol. The largest absolute Gasteiger partial charge is 0.502 e. The van der Waals surface area contributed by atoms with Crippen LogP contribution in [0.25, 0.3) is 0 Å². The van der Waals surface area contributed by atoms with E-state index in [1.165, 1.54) is 11.9 Å². The zero-order chi connectivity index (χ0) is 25.5. The van der Waals surface area contributed by atoms with Crippen LogP contribution in [-0.4, -0.2) is 66.7 Å². The maximum atomic E-state index is 12.0. The molecule has 0 aliphatic carbocycles. The van der Waals surface area contributed by atoms with Gasteiger partial charge in [0.25, 0.3) is 5.56 Å². The Balaban J connectivity index is 1.43. The fraction of sp³-hybridized carbons (Fsp3) is 0.333. The molecule has 0 amide bonds. The number of sulfone groups is 1. The fourth-order valence-corrected chi connectivity index (χ4v) is 5.18. The first kappa shape index (κ1) is 25.6. The molecule has 188 valence electrons. The van der Waals surface area contributed by atoms with Crippen molar-refractivity contribution in [1.82, 2.24) is 14.9 Å². The van der Waals surface area contributed by atoms with E-state index in [4.69, 9.17) is 4.74 Å². The van der Waals surface area contributed by atoms with Crippen LogP contribution in [0.1, 0.15) is 33.9 Å². The van der Waals surface area contributed by atoms with Gasteiger partial charge in [0.05, 0.1) is 31.0 Å². The average molecular weight is 508 g/mol. The van der Waals surface area contributed by atoms with E-state index in [0.29, 0.717) is 6.42 Å². The third kappa shape index (κ3) is 7.28. The van der Waals surface area contributed by atoms with Gasteiger partial charge in [-0.3, -0.25) is 9.69 Å². The van der Waals surface area contributed by atoms with E-state index in [1.54, 1.807) is 0 Å². The van der Waals surface area contributed by atoms with Crippen molar-refractivity contribution < 1.29 is 18.3 Å². The monoisotopic (exact) mass is 507 g/mol. The molecule has 2 aromatic carbocycles. The van der Waals surface area contributed by atoms with Gasteiger partial charge in [0, 0.05) is 42.9 Å². The van der Waals surface area contributed by atoms with Crippen LogP contribution in [0.15, 0.2) is 59.7 Å². The Morgan fingerprint density at radius 2 is 1.61 bits per heavy atom. The molecular formula is C27H29N3O5S. The fourth-order valence-electron chi connectivity index (χ4n) is 4.17. The van der Waals surface area contributed by atoms with Gasteiger partial charge < -0.3 is 14.8 Å². The van der Waals surface area contributed by atoms with Gasteiger partial charge in [0.15, 0.2) is 0 Å². The number of morpholine rings is 1. The summed E-state index contributed by atoms with van der Waals surface area (Å²) in [6.07, 6.45) is 2.59. The molecule has 2 heterocycles. The summed E-state index contributed by atoms with van der Waals surface area (Å²) < 4.78 is 29.3. The van der Waals surface area contributed by atoms with Crippen LogP contribution in [-0.2, 0) is 27.5 Å². The molecule has 1 aliphatic rings. The highest BCUT2D eigenvalue weighted by molar-refractivity contribution is 7.90. The van der Waals surface area contributed by atoms with Gasteiger partial charge in [0.1, 0.15) is 9.84 Å². The minimum Gasteiger partial charge on any atom is -0.502 e. The Hall–Kier alpha value is -3.45. The van der Waals surface area contributed by atoms with Crippen LogP contribution in [0, 0.1) is 11.8 Å². The first-order valence-corrected chi connectivity index (χ1v) is 13.8. The second-order valence-corrected chi connectivity index (χ2v) is 11.2. The predicted octanol–water partition coefficient (Wildman–Crippen LogP) is 2.08. The summed E-state index contributed by atoms with van der Waals surface area (Å²) in [6.45, 7) is 4.38. The van der Waals surface area contributed by atoms with Gasteiger partial charge in [-0.2, -0.15) is 0 Å². The predicted molar refractivity (Wildman–Crippen MR) is 138 cm³/mol. The van der Waals surface area contributed by atoms with Crippen LogP contribution in [0.3, 0.4) is 0 Å². The number of aromatic amines is 1. The van der Waals surface area contributed by atoms with E-state index < -0.39 is 27.1 Å². The third-order valence-electron chi connectivity index (χ3n) is 6.00.